The molecule has 10 nitrogen and oxygen atoms in total. The van der Waals surface area contributed by atoms with Crippen LogP contribution in [0.3, 0.4) is 0 Å². The van der Waals surface area contributed by atoms with Gasteiger partial charge in [0, 0.05) is 11.6 Å². The molecular formula is C34H41N7O3. The molecule has 230 valence electrons. The van der Waals surface area contributed by atoms with Gasteiger partial charge in [-0.2, -0.15) is 10.3 Å². The van der Waals surface area contributed by atoms with Crippen LogP contribution in [0.1, 0.15) is 55.3 Å². The first-order valence-electron chi connectivity index (χ1n) is 14.5. The molecule has 0 spiro atoms. The Balaban J connectivity index is 0.000000572. The van der Waals surface area contributed by atoms with Gasteiger partial charge in [-0.15, -0.1) is 10.2 Å². The van der Waals surface area contributed by atoms with Crippen molar-refractivity contribution < 1.29 is 14.3 Å². The summed E-state index contributed by atoms with van der Waals surface area (Å²) in [6.07, 6.45) is 2.52. The van der Waals surface area contributed by atoms with Crippen molar-refractivity contribution in [2.45, 2.75) is 53.6 Å². The highest BCUT2D eigenvalue weighted by atomic mass is 16.5. The van der Waals surface area contributed by atoms with Gasteiger partial charge in [-0.1, -0.05) is 84.6 Å². The van der Waals surface area contributed by atoms with Crippen molar-refractivity contribution in [2.24, 2.45) is 10.3 Å². The zero-order valence-electron chi connectivity index (χ0n) is 26.1. The lowest BCUT2D eigenvalue weighted by molar-refractivity contribution is -0.113. The number of ether oxygens (including phenoxy) is 2. The van der Waals surface area contributed by atoms with Crippen molar-refractivity contribution in [3.8, 4) is 11.5 Å². The third-order valence-electron chi connectivity index (χ3n) is 6.75. The molecule has 3 aromatic carbocycles. The van der Waals surface area contributed by atoms with Gasteiger partial charge >= 0.3 is 0 Å². The number of tetrazole rings is 1. The Bertz CT molecular complexity index is 1530. The Labute approximate surface area is 259 Å². The molecule has 0 saturated carbocycles. The van der Waals surface area contributed by atoms with Crippen molar-refractivity contribution in [3.63, 3.8) is 0 Å². The number of aryl methyl sites for hydroxylation is 3. The van der Waals surface area contributed by atoms with E-state index in [0.717, 1.165) is 35.1 Å². The number of hydrogen-bond acceptors (Lipinski definition) is 8. The minimum absolute atomic E-state index is 0.0284. The first-order valence-corrected chi connectivity index (χ1v) is 14.5. The molecule has 0 aliphatic carbocycles. The molecule has 0 aliphatic heterocycles. The molecule has 4 aromatic rings. The van der Waals surface area contributed by atoms with Crippen LogP contribution in [-0.2, 0) is 24.2 Å². The first kappa shape index (κ1) is 33.4. The fourth-order valence-electron chi connectivity index (χ4n) is 4.52. The zero-order valence-corrected chi connectivity index (χ0v) is 26.1. The molecule has 0 bridgehead atoms. The Kier molecular flexibility index (Phi) is 13.5. The maximum Gasteiger partial charge on any atom is 0.211 e. The van der Waals surface area contributed by atoms with Crippen molar-refractivity contribution in [1.82, 2.24) is 26.0 Å². The smallest absolute Gasteiger partial charge is 0.211 e. The topological polar surface area (TPSA) is 127 Å². The standard InChI is InChI=1S/C26H31N7O3.C8H10/c1-17-13-22(35-16-25-29-32-33-30-25)14-24(36-15-18(2)28-31-27-5)26(17)19(3)23(20(4)34)12-11-21-9-7-6-8-10-21;1-2-8-6-4-3-5-7-8/h6-10,13-14H,2,11-12,15-16H2,1,3-5H3,(H,27,28)(H,29,30,32,33);3-7H,2H2,1H3/b23-19-;. The van der Waals surface area contributed by atoms with E-state index in [1.165, 1.54) is 11.1 Å². The summed E-state index contributed by atoms with van der Waals surface area (Å²) in [5.74, 6) is 1.59. The van der Waals surface area contributed by atoms with Crippen LogP contribution >= 0.6 is 0 Å². The molecular weight excluding hydrogens is 554 g/mol. The van der Waals surface area contributed by atoms with Gasteiger partial charge in [0.05, 0.1) is 12.7 Å². The Morgan fingerprint density at radius 1 is 1.00 bits per heavy atom. The van der Waals surface area contributed by atoms with Crippen LogP contribution in [0.2, 0.25) is 0 Å². The van der Waals surface area contributed by atoms with E-state index in [2.05, 4.69) is 86.3 Å². The lowest BCUT2D eigenvalue weighted by Crippen LogP contribution is -2.13. The van der Waals surface area contributed by atoms with Crippen LogP contribution in [-0.4, -0.2) is 40.1 Å². The number of carbonyl (C=O) groups excluding carboxylic acids is 1. The minimum atomic E-state index is 0.0284. The third kappa shape index (κ3) is 10.6. The lowest BCUT2D eigenvalue weighted by atomic mass is 9.91. The van der Waals surface area contributed by atoms with E-state index < -0.39 is 0 Å². The second-order valence-electron chi connectivity index (χ2n) is 10.0. The third-order valence-corrected chi connectivity index (χ3v) is 6.75. The Hall–Kier alpha value is -5.12. The summed E-state index contributed by atoms with van der Waals surface area (Å²) in [6.45, 7) is 11.9. The molecule has 0 amide bonds. The molecule has 10 heteroatoms. The molecule has 0 aliphatic rings. The van der Waals surface area contributed by atoms with Gasteiger partial charge < -0.3 is 9.47 Å². The van der Waals surface area contributed by atoms with E-state index in [1.54, 1.807) is 20.0 Å². The number of allylic oxidation sites excluding steroid dienone is 2. The SMILES string of the molecule is C=C(COc1cc(OCc2nn[nH]n2)cc(C)c1/C(C)=C(/CCc1ccccc1)C(C)=O)NN=NC.CCc1ccccc1. The Morgan fingerprint density at radius 2 is 1.68 bits per heavy atom. The number of nitrogens with zero attached hydrogens (tertiary/aromatic N) is 5. The van der Waals surface area contributed by atoms with Gasteiger partial charge in [-0.05, 0) is 73.9 Å². The molecule has 2 N–H and O–H groups in total. The second-order valence-corrected chi connectivity index (χ2v) is 10.0. The predicted molar refractivity (Wildman–Crippen MR) is 172 cm³/mol. The average molecular weight is 596 g/mol. The van der Waals surface area contributed by atoms with E-state index in [1.807, 2.05) is 44.2 Å². The summed E-state index contributed by atoms with van der Waals surface area (Å²) >= 11 is 0. The largest absolute Gasteiger partial charge is 0.487 e. The lowest BCUT2D eigenvalue weighted by Gasteiger charge is -2.19. The maximum atomic E-state index is 12.7. The van der Waals surface area contributed by atoms with Crippen LogP contribution < -0.4 is 14.9 Å². The number of rotatable bonds is 14. The number of Topliss-reactive ketones (excluding diaryl/α,β-unsaturated/α-hetero) is 1. The van der Waals surface area contributed by atoms with Crippen LogP contribution in [0, 0.1) is 6.92 Å². The fourth-order valence-corrected chi connectivity index (χ4v) is 4.52. The maximum absolute atomic E-state index is 12.7. The van der Waals surface area contributed by atoms with Crippen molar-refractivity contribution in [2.75, 3.05) is 13.7 Å². The summed E-state index contributed by atoms with van der Waals surface area (Å²) in [6, 6.07) is 24.3. The zero-order chi connectivity index (χ0) is 31.7. The van der Waals surface area contributed by atoms with E-state index in [9.17, 15) is 4.79 Å². The minimum Gasteiger partial charge on any atom is -0.487 e. The van der Waals surface area contributed by atoms with Crippen molar-refractivity contribution >= 4 is 11.4 Å². The van der Waals surface area contributed by atoms with Crippen LogP contribution in [0.25, 0.3) is 5.57 Å². The number of ketones is 1. The highest BCUT2D eigenvalue weighted by Gasteiger charge is 2.18. The molecule has 0 atom stereocenters. The van der Waals surface area contributed by atoms with E-state index in [0.29, 0.717) is 29.4 Å². The normalized spacial score (nSPS) is 11.3. The number of hydrogen-bond donors (Lipinski definition) is 2. The fraction of sp³-hybridized carbons (Fsp3) is 0.294. The number of aromatic amines is 1. The van der Waals surface area contributed by atoms with Gasteiger partial charge in [-0.25, -0.2) is 0 Å². The number of carbonyl (C=O) groups is 1. The highest BCUT2D eigenvalue weighted by Crippen LogP contribution is 2.36. The number of nitrogens with one attached hydrogen (secondary N) is 2. The summed E-state index contributed by atoms with van der Waals surface area (Å²) < 4.78 is 12.0. The molecule has 0 radical (unpaired) electrons. The van der Waals surface area contributed by atoms with Crippen molar-refractivity contribution in [1.29, 1.82) is 0 Å². The van der Waals surface area contributed by atoms with Gasteiger partial charge in [0.25, 0.3) is 0 Å². The highest BCUT2D eigenvalue weighted by molar-refractivity contribution is 6.01. The predicted octanol–water partition coefficient (Wildman–Crippen LogP) is 6.81. The van der Waals surface area contributed by atoms with E-state index in [4.69, 9.17) is 9.47 Å². The van der Waals surface area contributed by atoms with Gasteiger partial charge in [0.15, 0.2) is 12.4 Å². The molecule has 1 heterocycles. The van der Waals surface area contributed by atoms with Gasteiger partial charge in [0.1, 0.15) is 18.1 Å². The van der Waals surface area contributed by atoms with Crippen LogP contribution in [0.4, 0.5) is 0 Å². The number of aromatic nitrogens is 4. The quantitative estimate of drug-likeness (QED) is 0.0931. The molecule has 0 fully saturated rings. The molecule has 0 saturated heterocycles. The van der Waals surface area contributed by atoms with E-state index >= 15 is 0 Å². The summed E-state index contributed by atoms with van der Waals surface area (Å²) in [4.78, 5) is 12.7. The summed E-state index contributed by atoms with van der Waals surface area (Å²) in [5.41, 5.74) is 9.19. The van der Waals surface area contributed by atoms with Crippen LogP contribution in [0.5, 0.6) is 11.5 Å². The molecule has 1 aromatic heterocycles. The van der Waals surface area contributed by atoms with Crippen LogP contribution in [0.15, 0.2) is 101 Å². The van der Waals surface area contributed by atoms with E-state index in [-0.39, 0.29) is 19.0 Å². The number of H-pyrrole nitrogens is 1. The summed E-state index contributed by atoms with van der Waals surface area (Å²) in [5, 5.41) is 21.2. The molecule has 44 heavy (non-hydrogen) atoms. The van der Waals surface area contributed by atoms with Crippen molar-refractivity contribution in [3.05, 3.63) is 119 Å². The number of benzene rings is 3. The monoisotopic (exact) mass is 595 g/mol. The second kappa shape index (κ2) is 17.7. The Morgan fingerprint density at radius 3 is 2.25 bits per heavy atom. The first-order chi connectivity index (χ1) is 21.3. The molecule has 4 rings (SSSR count). The molecule has 0 unspecified atom stereocenters. The average Bonchev–Trinajstić information content (AvgIpc) is 3.56. The van der Waals surface area contributed by atoms with Gasteiger partial charge in [-0.3, -0.25) is 10.2 Å². The van der Waals surface area contributed by atoms with Gasteiger partial charge in [0.2, 0.25) is 5.82 Å². The summed E-state index contributed by atoms with van der Waals surface area (Å²) in [7, 11) is 1.56.